The van der Waals surface area contributed by atoms with E-state index in [9.17, 15) is 23.8 Å². The molecule has 16 heteroatoms. The van der Waals surface area contributed by atoms with Gasteiger partial charge in [0.15, 0.2) is 5.60 Å². The number of aliphatic hydroxyl groups is 2. The Morgan fingerprint density at radius 1 is 0.818 bits per heavy atom. The molecule has 0 aliphatic carbocycles. The minimum atomic E-state index is -4.13. The molecule has 0 amide bonds. The van der Waals surface area contributed by atoms with Gasteiger partial charge in [-0.2, -0.15) is 19.0 Å². The topological polar surface area (TPSA) is 130 Å². The van der Waals surface area contributed by atoms with Crippen LogP contribution in [0.5, 0.6) is 0 Å². The quantitative estimate of drug-likeness (QED) is 0.160. The van der Waals surface area contributed by atoms with Crippen molar-refractivity contribution in [3.05, 3.63) is 137 Å². The molecule has 3 aromatic carbocycles. The highest BCUT2D eigenvalue weighted by molar-refractivity contribution is 5.66. The predicted octanol–water partition coefficient (Wildman–Crippen LogP) is 5.30. The zero-order valence-electron chi connectivity index (χ0n) is 30.1. The van der Waals surface area contributed by atoms with Crippen LogP contribution >= 0.6 is 0 Å². The smallest absolute Gasteiger partial charge is 0.350 e. The highest BCUT2D eigenvalue weighted by Gasteiger charge is 2.58. The number of nitrogens with zero attached hydrogens (tertiary/aromatic N) is 9. The molecule has 55 heavy (non-hydrogen) atoms. The first-order valence-corrected chi connectivity index (χ1v) is 17.8. The lowest BCUT2D eigenvalue weighted by atomic mass is 9.84. The van der Waals surface area contributed by atoms with Crippen LogP contribution in [-0.4, -0.2) is 76.6 Å². The SMILES string of the molecule is CCC(C(C)O)n1ncn(-c2ccc(N3CCN(c4ccc(-c5ccc(C(F)(F)C(O)(Cn6cncn6)c6ccc(F)cc6F)nc5)cc4)CC3)cc2)c1=O. The fraction of sp³-hybridized carbons (Fsp3) is 0.308. The molecule has 0 bridgehead atoms. The van der Waals surface area contributed by atoms with Crippen molar-refractivity contribution in [3.63, 3.8) is 0 Å². The number of hydrogen-bond acceptors (Lipinski definition) is 9. The molecule has 1 saturated heterocycles. The highest BCUT2D eigenvalue weighted by atomic mass is 19.3. The molecule has 3 unspecified atom stereocenters. The van der Waals surface area contributed by atoms with Crippen LogP contribution in [0, 0.1) is 11.6 Å². The second kappa shape index (κ2) is 15.1. The van der Waals surface area contributed by atoms with E-state index < -0.39 is 53.1 Å². The van der Waals surface area contributed by atoms with Gasteiger partial charge in [-0.05, 0) is 73.5 Å². The largest absolute Gasteiger partial charge is 0.391 e. The molecule has 0 saturated carbocycles. The Morgan fingerprint density at radius 3 is 1.98 bits per heavy atom. The number of anilines is 2. The molecule has 12 nitrogen and oxygen atoms in total. The van der Waals surface area contributed by atoms with Crippen LogP contribution in [0.1, 0.15) is 37.6 Å². The van der Waals surface area contributed by atoms with Gasteiger partial charge in [-0.1, -0.05) is 25.1 Å². The Kier molecular flexibility index (Phi) is 10.3. The second-order valence-corrected chi connectivity index (χ2v) is 13.6. The lowest BCUT2D eigenvalue weighted by Crippen LogP contribution is -2.48. The normalized spacial score (nSPS) is 15.9. The third-order valence-corrected chi connectivity index (χ3v) is 10.2. The summed E-state index contributed by atoms with van der Waals surface area (Å²) in [6, 6.07) is 19.5. The lowest BCUT2D eigenvalue weighted by molar-refractivity contribution is -0.207. The van der Waals surface area contributed by atoms with Crippen molar-refractivity contribution < 1.29 is 27.8 Å². The number of alkyl halides is 2. The van der Waals surface area contributed by atoms with Crippen LogP contribution in [0.2, 0.25) is 0 Å². The summed E-state index contributed by atoms with van der Waals surface area (Å²) in [6.07, 6.45) is 4.80. The van der Waals surface area contributed by atoms with Gasteiger partial charge in [0.05, 0.1) is 24.4 Å². The molecule has 286 valence electrons. The number of pyridine rings is 1. The van der Waals surface area contributed by atoms with Crippen LogP contribution in [0.15, 0.2) is 109 Å². The molecule has 3 aromatic heterocycles. The summed E-state index contributed by atoms with van der Waals surface area (Å²) in [4.78, 5) is 25.2. The third-order valence-electron chi connectivity index (χ3n) is 10.2. The molecule has 0 spiro atoms. The van der Waals surface area contributed by atoms with Gasteiger partial charge in [-0.3, -0.25) is 4.98 Å². The monoisotopic (exact) mass is 757 g/mol. The van der Waals surface area contributed by atoms with Crippen molar-refractivity contribution in [2.45, 2.75) is 50.5 Å². The molecule has 1 aliphatic rings. The van der Waals surface area contributed by atoms with Gasteiger partial charge >= 0.3 is 11.6 Å². The second-order valence-electron chi connectivity index (χ2n) is 13.6. The van der Waals surface area contributed by atoms with E-state index >= 15 is 8.78 Å². The van der Waals surface area contributed by atoms with E-state index in [0.29, 0.717) is 23.7 Å². The zero-order valence-corrected chi connectivity index (χ0v) is 30.1. The number of hydrogen-bond donors (Lipinski definition) is 2. The Hall–Kier alpha value is -5.87. The van der Waals surface area contributed by atoms with E-state index in [0.717, 1.165) is 78.7 Å². The van der Waals surface area contributed by atoms with Crippen molar-refractivity contribution in [1.82, 2.24) is 34.1 Å². The number of halogens is 4. The Morgan fingerprint density at radius 2 is 1.44 bits per heavy atom. The van der Waals surface area contributed by atoms with E-state index in [1.807, 2.05) is 55.5 Å². The maximum absolute atomic E-state index is 16.2. The Balaban J connectivity index is 1.00. The average Bonchev–Trinajstić information content (AvgIpc) is 3.84. The zero-order chi connectivity index (χ0) is 38.9. The highest BCUT2D eigenvalue weighted by Crippen LogP contribution is 2.47. The van der Waals surface area contributed by atoms with Gasteiger partial charge in [0, 0.05) is 60.9 Å². The van der Waals surface area contributed by atoms with Crippen molar-refractivity contribution in [1.29, 1.82) is 0 Å². The molecule has 7 rings (SSSR count). The fourth-order valence-electron chi connectivity index (χ4n) is 7.04. The minimum absolute atomic E-state index is 0.306. The van der Waals surface area contributed by atoms with E-state index in [1.165, 1.54) is 27.8 Å². The van der Waals surface area contributed by atoms with Crippen LogP contribution in [0.3, 0.4) is 0 Å². The molecular weight excluding hydrogens is 718 g/mol. The van der Waals surface area contributed by atoms with E-state index in [-0.39, 0.29) is 5.69 Å². The molecule has 2 N–H and O–H groups in total. The first kappa shape index (κ1) is 37.4. The third kappa shape index (κ3) is 7.22. The van der Waals surface area contributed by atoms with Crippen LogP contribution in [0.25, 0.3) is 16.8 Å². The Bertz CT molecular complexity index is 2270. The molecule has 0 radical (unpaired) electrons. The lowest BCUT2D eigenvalue weighted by Gasteiger charge is -2.37. The van der Waals surface area contributed by atoms with Crippen LogP contribution in [-0.2, 0) is 18.1 Å². The van der Waals surface area contributed by atoms with Gasteiger partial charge in [-0.25, -0.2) is 32.5 Å². The molecule has 4 heterocycles. The first-order valence-electron chi connectivity index (χ1n) is 17.8. The van der Waals surface area contributed by atoms with Gasteiger partial charge in [-0.15, -0.1) is 0 Å². The number of benzene rings is 3. The summed E-state index contributed by atoms with van der Waals surface area (Å²) < 4.78 is 64.7. The van der Waals surface area contributed by atoms with E-state index in [4.69, 9.17) is 0 Å². The van der Waals surface area contributed by atoms with Crippen molar-refractivity contribution in [2.75, 3.05) is 36.0 Å². The molecule has 1 fully saturated rings. The van der Waals surface area contributed by atoms with Crippen molar-refractivity contribution in [2.24, 2.45) is 0 Å². The van der Waals surface area contributed by atoms with Gasteiger partial charge in [0.25, 0.3) is 0 Å². The molecular formula is C39H39F4N9O3. The van der Waals surface area contributed by atoms with Gasteiger partial charge < -0.3 is 20.0 Å². The summed E-state index contributed by atoms with van der Waals surface area (Å²) in [6.45, 7) is 5.69. The minimum Gasteiger partial charge on any atom is -0.391 e. The first-order chi connectivity index (χ1) is 26.4. The maximum atomic E-state index is 16.2. The van der Waals surface area contributed by atoms with E-state index in [1.54, 1.807) is 6.92 Å². The molecule has 3 atom stereocenters. The Labute approximate surface area is 313 Å². The predicted molar refractivity (Wildman–Crippen MR) is 197 cm³/mol. The van der Waals surface area contributed by atoms with Crippen molar-refractivity contribution in [3.8, 4) is 16.8 Å². The average molecular weight is 758 g/mol. The van der Waals surface area contributed by atoms with Gasteiger partial charge in [0.2, 0.25) is 0 Å². The van der Waals surface area contributed by atoms with Gasteiger partial charge in [0.1, 0.15) is 36.3 Å². The van der Waals surface area contributed by atoms with Crippen molar-refractivity contribution >= 4 is 11.4 Å². The molecule has 6 aromatic rings. The summed E-state index contributed by atoms with van der Waals surface area (Å²) in [5, 5.41) is 29.5. The van der Waals surface area contributed by atoms with Crippen LogP contribution in [0.4, 0.5) is 28.9 Å². The molecule has 1 aliphatic heterocycles. The number of aliphatic hydroxyl groups excluding tert-OH is 1. The maximum Gasteiger partial charge on any atom is 0.350 e. The summed E-state index contributed by atoms with van der Waals surface area (Å²) in [5.74, 6) is -6.45. The summed E-state index contributed by atoms with van der Waals surface area (Å²) in [7, 11) is 0. The number of piperazine rings is 1. The number of rotatable bonds is 12. The van der Waals surface area contributed by atoms with Crippen LogP contribution < -0.4 is 15.5 Å². The summed E-state index contributed by atoms with van der Waals surface area (Å²) >= 11 is 0. The fourth-order valence-corrected chi connectivity index (χ4v) is 7.04. The summed E-state index contributed by atoms with van der Waals surface area (Å²) in [5.41, 5.74) is -1.14. The standard InChI is InChI=1S/C39H39F4N9O3/c1-3-35(26(2)53)52-37(54)51(25-47-52)32-12-10-31(11-13-32)49-18-16-48(17-19-49)30-8-4-27(5-9-30)28-6-15-36(45-21-28)39(42,43)38(55,22-50-24-44-23-46-50)33-14-7-29(40)20-34(33)41/h4-15,20-21,23-26,35,53,55H,3,16-19,22H2,1-2H3. The van der Waals surface area contributed by atoms with E-state index in [2.05, 4.69) is 30.0 Å². The number of aromatic nitrogens is 7.